The lowest BCUT2D eigenvalue weighted by molar-refractivity contribution is 0.0695. The summed E-state index contributed by atoms with van der Waals surface area (Å²) in [5, 5.41) is 9.45. The van der Waals surface area contributed by atoms with Gasteiger partial charge in [-0.05, 0) is 42.7 Å². The van der Waals surface area contributed by atoms with E-state index in [1.165, 1.54) is 31.5 Å². The minimum absolute atomic E-state index is 0.287. The summed E-state index contributed by atoms with van der Waals surface area (Å²) >= 11 is 0. The fourth-order valence-electron chi connectivity index (χ4n) is 3.94. The van der Waals surface area contributed by atoms with Crippen LogP contribution in [0.3, 0.4) is 0 Å². The molecule has 4 aromatic rings. The average Bonchev–Trinajstić information content (AvgIpc) is 3.45. The zero-order valence-electron chi connectivity index (χ0n) is 16.1. The van der Waals surface area contributed by atoms with E-state index in [0.717, 1.165) is 24.3 Å². The molecule has 0 amide bonds. The molecule has 0 bridgehead atoms. The zero-order chi connectivity index (χ0) is 20.7. The van der Waals surface area contributed by atoms with Crippen LogP contribution in [0, 0.1) is 0 Å². The van der Waals surface area contributed by atoms with E-state index in [9.17, 15) is 14.7 Å². The number of nitrogens with zero attached hydrogens (tertiary/aromatic N) is 3. The van der Waals surface area contributed by atoms with Crippen LogP contribution in [0.4, 0.5) is 5.69 Å². The van der Waals surface area contributed by atoms with Crippen molar-refractivity contribution in [3.8, 4) is 16.9 Å². The Bertz CT molecular complexity index is 1300. The molecular formula is C23H19N3O4. The monoisotopic (exact) mass is 401 g/mol. The average molecular weight is 401 g/mol. The molecule has 0 spiro atoms. The summed E-state index contributed by atoms with van der Waals surface area (Å²) in [4.78, 5) is 30.5. The Hall–Kier alpha value is -3.87. The molecular weight excluding hydrogens is 382 g/mol. The predicted molar refractivity (Wildman–Crippen MR) is 113 cm³/mol. The molecule has 7 heteroatoms. The highest BCUT2D eigenvalue weighted by atomic mass is 16.4. The smallest absolute Gasteiger partial charge is 0.341 e. The van der Waals surface area contributed by atoms with Gasteiger partial charge in [0, 0.05) is 42.8 Å². The number of hydrogen-bond donors (Lipinski definition) is 1. The van der Waals surface area contributed by atoms with Crippen molar-refractivity contribution in [1.82, 2.24) is 9.55 Å². The summed E-state index contributed by atoms with van der Waals surface area (Å²) in [6.07, 6.45) is 5.12. The molecule has 7 nitrogen and oxygen atoms in total. The number of rotatable bonds is 4. The van der Waals surface area contributed by atoms with E-state index in [4.69, 9.17) is 4.42 Å². The first-order valence-corrected chi connectivity index (χ1v) is 9.79. The second-order valence-electron chi connectivity index (χ2n) is 7.36. The van der Waals surface area contributed by atoms with Gasteiger partial charge in [-0.2, -0.15) is 0 Å². The number of carboxylic acids is 1. The Balaban J connectivity index is 1.65. The Labute approximate surface area is 171 Å². The van der Waals surface area contributed by atoms with E-state index in [1.807, 2.05) is 30.3 Å². The second kappa shape index (κ2) is 7.18. The number of fused-ring (bicyclic) bond motifs is 1. The first kappa shape index (κ1) is 18.2. The second-order valence-corrected chi connectivity index (χ2v) is 7.36. The van der Waals surface area contributed by atoms with Gasteiger partial charge in [0.15, 0.2) is 17.4 Å². The molecule has 0 unspecified atom stereocenters. The SMILES string of the molecule is O=C(O)c1cn(-c2ccc3ncoc3c2)c(-c2ccc(N3CCCC3)cc2)cc1=O. The lowest BCUT2D eigenvalue weighted by atomic mass is 10.1. The maximum atomic E-state index is 12.5. The highest BCUT2D eigenvalue weighted by Crippen LogP contribution is 2.28. The van der Waals surface area contributed by atoms with Gasteiger partial charge in [0.25, 0.3) is 0 Å². The van der Waals surface area contributed by atoms with Crippen LogP contribution in [0.25, 0.3) is 28.0 Å². The van der Waals surface area contributed by atoms with Crippen molar-refractivity contribution in [3.63, 3.8) is 0 Å². The van der Waals surface area contributed by atoms with Crippen LogP contribution < -0.4 is 10.3 Å². The summed E-state index contributed by atoms with van der Waals surface area (Å²) in [6.45, 7) is 2.10. The van der Waals surface area contributed by atoms with Crippen molar-refractivity contribution in [3.05, 3.63) is 76.9 Å². The number of pyridine rings is 1. The minimum Gasteiger partial charge on any atom is -0.477 e. The third-order valence-corrected chi connectivity index (χ3v) is 5.51. The van der Waals surface area contributed by atoms with Gasteiger partial charge in [-0.3, -0.25) is 4.79 Å². The fourth-order valence-corrected chi connectivity index (χ4v) is 3.94. The van der Waals surface area contributed by atoms with Gasteiger partial charge in [0.1, 0.15) is 11.1 Å². The van der Waals surface area contributed by atoms with Crippen LogP contribution in [-0.4, -0.2) is 33.7 Å². The number of carboxylic acid groups (broad SMARTS) is 1. The van der Waals surface area contributed by atoms with Crippen LogP contribution in [-0.2, 0) is 0 Å². The molecule has 3 heterocycles. The van der Waals surface area contributed by atoms with Gasteiger partial charge in [-0.25, -0.2) is 9.78 Å². The quantitative estimate of drug-likeness (QED) is 0.557. The number of aromatic nitrogens is 2. The van der Waals surface area contributed by atoms with Crippen LogP contribution in [0.2, 0.25) is 0 Å². The zero-order valence-corrected chi connectivity index (χ0v) is 16.1. The van der Waals surface area contributed by atoms with Crippen LogP contribution in [0.1, 0.15) is 23.2 Å². The van der Waals surface area contributed by atoms with Crippen molar-refractivity contribution in [2.75, 3.05) is 18.0 Å². The molecule has 2 aromatic heterocycles. The number of benzene rings is 2. The Morgan fingerprint density at radius 3 is 2.47 bits per heavy atom. The molecule has 0 aliphatic carbocycles. The van der Waals surface area contributed by atoms with E-state index >= 15 is 0 Å². The van der Waals surface area contributed by atoms with E-state index in [0.29, 0.717) is 22.5 Å². The summed E-state index contributed by atoms with van der Waals surface area (Å²) in [5.41, 5.74) is 3.73. The first-order chi connectivity index (χ1) is 14.6. The maximum Gasteiger partial charge on any atom is 0.341 e. The number of anilines is 1. The normalized spacial score (nSPS) is 13.8. The Morgan fingerprint density at radius 2 is 1.73 bits per heavy atom. The molecule has 150 valence electrons. The molecule has 0 atom stereocenters. The number of carbonyl (C=O) groups is 1. The number of hydrogen-bond acceptors (Lipinski definition) is 5. The molecule has 2 aromatic carbocycles. The standard InChI is InChI=1S/C23H19N3O4/c27-21-12-20(15-3-5-16(6-4-15)25-9-1-2-10-25)26(13-18(21)23(28)29)17-7-8-19-22(11-17)30-14-24-19/h3-8,11-14H,1-2,9-10H2,(H,28,29). The minimum atomic E-state index is -1.26. The van der Waals surface area contributed by atoms with Gasteiger partial charge in [-0.15, -0.1) is 0 Å². The van der Waals surface area contributed by atoms with E-state index in [2.05, 4.69) is 9.88 Å². The third-order valence-electron chi connectivity index (χ3n) is 5.51. The molecule has 1 aliphatic rings. The van der Waals surface area contributed by atoms with E-state index in [1.54, 1.807) is 16.7 Å². The maximum absolute atomic E-state index is 12.5. The third kappa shape index (κ3) is 3.14. The molecule has 0 saturated carbocycles. The van der Waals surface area contributed by atoms with E-state index in [-0.39, 0.29) is 5.56 Å². The van der Waals surface area contributed by atoms with Crippen molar-refractivity contribution < 1.29 is 14.3 Å². The molecule has 1 saturated heterocycles. The summed E-state index contributed by atoms with van der Waals surface area (Å²) in [7, 11) is 0. The summed E-state index contributed by atoms with van der Waals surface area (Å²) in [6, 6.07) is 14.8. The largest absolute Gasteiger partial charge is 0.477 e. The summed E-state index contributed by atoms with van der Waals surface area (Å²) < 4.78 is 7.10. The van der Waals surface area contributed by atoms with Gasteiger partial charge < -0.3 is 19.0 Å². The summed E-state index contributed by atoms with van der Waals surface area (Å²) in [5.74, 6) is -1.26. The van der Waals surface area contributed by atoms with Crippen molar-refractivity contribution >= 4 is 22.8 Å². The topological polar surface area (TPSA) is 88.6 Å². The Kier molecular flexibility index (Phi) is 4.35. The molecule has 0 radical (unpaired) electrons. The number of aromatic carboxylic acids is 1. The lowest BCUT2D eigenvalue weighted by Gasteiger charge is -2.19. The fraction of sp³-hybridized carbons (Fsp3) is 0.174. The van der Waals surface area contributed by atoms with Crippen molar-refractivity contribution in [1.29, 1.82) is 0 Å². The van der Waals surface area contributed by atoms with Gasteiger partial charge in [0.05, 0.1) is 5.69 Å². The van der Waals surface area contributed by atoms with E-state index < -0.39 is 11.4 Å². The molecule has 5 rings (SSSR count). The van der Waals surface area contributed by atoms with Crippen LogP contribution >= 0.6 is 0 Å². The highest BCUT2D eigenvalue weighted by molar-refractivity contribution is 5.88. The highest BCUT2D eigenvalue weighted by Gasteiger charge is 2.17. The van der Waals surface area contributed by atoms with Crippen molar-refractivity contribution in [2.24, 2.45) is 0 Å². The van der Waals surface area contributed by atoms with Gasteiger partial charge in [0.2, 0.25) is 0 Å². The molecule has 1 fully saturated rings. The molecule has 1 N–H and O–H groups in total. The van der Waals surface area contributed by atoms with Gasteiger partial charge in [-0.1, -0.05) is 12.1 Å². The molecule has 30 heavy (non-hydrogen) atoms. The lowest BCUT2D eigenvalue weighted by Crippen LogP contribution is -2.18. The predicted octanol–water partition coefficient (Wildman–Crippen LogP) is 3.94. The first-order valence-electron chi connectivity index (χ1n) is 9.79. The molecule has 1 aliphatic heterocycles. The van der Waals surface area contributed by atoms with Crippen LogP contribution in [0.5, 0.6) is 0 Å². The van der Waals surface area contributed by atoms with Crippen molar-refractivity contribution in [2.45, 2.75) is 12.8 Å². The number of oxazole rings is 1. The van der Waals surface area contributed by atoms with Gasteiger partial charge >= 0.3 is 5.97 Å². The van der Waals surface area contributed by atoms with Crippen LogP contribution in [0.15, 0.2) is 70.3 Å². The Morgan fingerprint density at radius 1 is 1.00 bits per heavy atom.